The zero-order chi connectivity index (χ0) is 20.6. The second-order valence-electron chi connectivity index (χ2n) is 7.09. The maximum Gasteiger partial charge on any atom is 0.349 e. The van der Waals surface area contributed by atoms with Crippen LogP contribution in [-0.4, -0.2) is 94.7 Å². The van der Waals surface area contributed by atoms with Crippen molar-refractivity contribution in [1.82, 2.24) is 9.55 Å². The largest absolute Gasteiger partial charge is 0.394 e. The van der Waals surface area contributed by atoms with Crippen LogP contribution in [-0.2, 0) is 20.4 Å². The fourth-order valence-corrected chi connectivity index (χ4v) is 2.41. The molecule has 0 aromatic carbocycles. The lowest BCUT2D eigenvalue weighted by atomic mass is 10.1. The molecule has 4 atom stereocenters. The third-order valence-corrected chi connectivity index (χ3v) is 4.11. The minimum Gasteiger partial charge on any atom is -0.394 e. The van der Waals surface area contributed by atoms with Crippen LogP contribution in [0.5, 0.6) is 0 Å². The predicted octanol–water partition coefficient (Wildman–Crippen LogP) is -1.78. The maximum atomic E-state index is 11.5. The summed E-state index contributed by atoms with van der Waals surface area (Å²) in [4.78, 5) is 15.0. The fraction of sp³-hybridized carbons (Fsp3) is 0.733. The number of aliphatic hydroxyl groups excluding tert-OH is 3. The molecule has 0 spiro atoms. The van der Waals surface area contributed by atoms with Crippen molar-refractivity contribution in [2.45, 2.75) is 31.0 Å². The highest BCUT2D eigenvalue weighted by molar-refractivity contribution is 7.17. The molecule has 12 heteroatoms. The predicted molar refractivity (Wildman–Crippen MR) is 97.1 cm³/mol. The van der Waals surface area contributed by atoms with Crippen LogP contribution < -0.4 is 11.4 Å². The van der Waals surface area contributed by atoms with Crippen LogP contribution in [0, 0.1) is 0 Å². The molecule has 154 valence electrons. The van der Waals surface area contributed by atoms with E-state index in [0.717, 1.165) is 11.0 Å². The van der Waals surface area contributed by atoms with Gasteiger partial charge in [-0.2, -0.15) is 4.98 Å². The van der Waals surface area contributed by atoms with Crippen molar-refractivity contribution in [2.75, 3.05) is 46.6 Å². The summed E-state index contributed by atoms with van der Waals surface area (Å²) >= 11 is 0. The van der Waals surface area contributed by atoms with Gasteiger partial charge < -0.3 is 30.3 Å². The Hall–Kier alpha value is -1.46. The Morgan fingerprint density at radius 1 is 1.33 bits per heavy atom. The Kier molecular flexibility index (Phi) is 9.40. The monoisotopic (exact) mass is 407 g/mol. The van der Waals surface area contributed by atoms with Gasteiger partial charge in [-0.15, -0.1) is 0 Å². The second-order valence-corrected chi connectivity index (χ2v) is 7.49. The lowest BCUT2D eigenvalue weighted by molar-refractivity contribution is -0.870. The summed E-state index contributed by atoms with van der Waals surface area (Å²) in [6, 6.07) is 1.45. The topological polar surface area (TPSA) is 157 Å². The van der Waals surface area contributed by atoms with E-state index in [1.165, 1.54) is 16.8 Å². The Morgan fingerprint density at radius 2 is 1.96 bits per heavy atom. The molecule has 1 fully saturated rings. The van der Waals surface area contributed by atoms with E-state index in [1.54, 1.807) is 0 Å². The highest BCUT2D eigenvalue weighted by atomic mass is 31.1. The van der Waals surface area contributed by atoms with E-state index in [4.69, 9.17) is 15.6 Å². The van der Waals surface area contributed by atoms with Crippen molar-refractivity contribution in [1.29, 1.82) is 0 Å². The number of nitrogen functional groups attached to an aromatic ring is 1. The fourth-order valence-electron chi connectivity index (χ4n) is 2.25. The smallest absolute Gasteiger partial charge is 0.349 e. The minimum atomic E-state index is -1.17. The van der Waals surface area contributed by atoms with Crippen molar-refractivity contribution in [3.63, 3.8) is 0 Å². The standard InChI is InChI=1S/C10H15N3O5.C5H13NO2P/c11-7-1-2-13(10(17)12-7)3-5-8(15)9(16)6(4-14)18-5;1-6(2,3)4-5-8-9-7/h1-2,5-6,8-9,14-16H,3-4H2,(H2,11,12,17);4-5H2,1-3H3/q;+1/t5-,6+,8-,9+;/m0./s1. The van der Waals surface area contributed by atoms with E-state index >= 15 is 0 Å². The number of hydrogen-bond donors (Lipinski definition) is 4. The number of ether oxygens (including phenoxy) is 1. The van der Waals surface area contributed by atoms with Gasteiger partial charge in [0.2, 0.25) is 0 Å². The molecule has 0 unspecified atom stereocenters. The zero-order valence-corrected chi connectivity index (χ0v) is 16.5. The van der Waals surface area contributed by atoms with Gasteiger partial charge in [0.15, 0.2) is 0 Å². The van der Waals surface area contributed by atoms with Gasteiger partial charge >= 0.3 is 14.4 Å². The first-order valence-corrected chi connectivity index (χ1v) is 9.02. The van der Waals surface area contributed by atoms with Crippen LogP contribution in [0.15, 0.2) is 17.1 Å². The Bertz CT molecular complexity index is 652. The molecular weight excluding hydrogens is 379 g/mol. The lowest BCUT2D eigenvalue weighted by Gasteiger charge is -2.22. The van der Waals surface area contributed by atoms with Gasteiger partial charge in [0.05, 0.1) is 34.3 Å². The van der Waals surface area contributed by atoms with Gasteiger partial charge in [-0.05, 0) is 6.07 Å². The highest BCUT2D eigenvalue weighted by Crippen LogP contribution is 2.21. The molecule has 1 aliphatic rings. The third-order valence-electron chi connectivity index (χ3n) is 3.82. The molecule has 2 heterocycles. The number of aromatic nitrogens is 2. The van der Waals surface area contributed by atoms with Crippen molar-refractivity contribution in [3.8, 4) is 0 Å². The van der Waals surface area contributed by atoms with Crippen molar-refractivity contribution < 1.29 is 33.6 Å². The number of likely N-dealkylation sites (N-methyl/N-ethyl adjacent to an activating group) is 1. The van der Waals surface area contributed by atoms with Crippen LogP contribution in [0.3, 0.4) is 0 Å². The van der Waals surface area contributed by atoms with Crippen LogP contribution in [0.4, 0.5) is 5.82 Å². The molecule has 0 aliphatic carbocycles. The molecule has 0 amide bonds. The molecule has 27 heavy (non-hydrogen) atoms. The van der Waals surface area contributed by atoms with Gasteiger partial charge in [-0.3, -0.25) is 9.09 Å². The summed E-state index contributed by atoms with van der Waals surface area (Å²) in [5, 5.41) is 28.2. The zero-order valence-electron chi connectivity index (χ0n) is 15.6. The van der Waals surface area contributed by atoms with Crippen molar-refractivity contribution >= 4 is 14.5 Å². The molecule has 1 aliphatic heterocycles. The molecule has 5 N–H and O–H groups in total. The van der Waals surface area contributed by atoms with E-state index in [2.05, 4.69) is 30.7 Å². The first kappa shape index (κ1) is 23.6. The second kappa shape index (κ2) is 10.8. The molecule has 11 nitrogen and oxygen atoms in total. The number of hydrogen-bond acceptors (Lipinski definition) is 9. The summed E-state index contributed by atoms with van der Waals surface area (Å²) in [5.74, 6) is 0.109. The van der Waals surface area contributed by atoms with E-state index < -0.39 is 36.7 Å². The van der Waals surface area contributed by atoms with E-state index in [0.29, 0.717) is 6.61 Å². The Morgan fingerprint density at radius 3 is 2.44 bits per heavy atom. The quantitative estimate of drug-likeness (QED) is 0.233. The van der Waals surface area contributed by atoms with Crippen molar-refractivity contribution in [2.24, 2.45) is 0 Å². The number of anilines is 1. The average Bonchev–Trinajstić information content (AvgIpc) is 2.85. The number of nitrogens with zero attached hydrogens (tertiary/aromatic N) is 3. The molecule has 1 aromatic rings. The molecule has 1 saturated heterocycles. The van der Waals surface area contributed by atoms with E-state index in [9.17, 15) is 19.6 Å². The van der Waals surface area contributed by atoms with Crippen molar-refractivity contribution in [3.05, 3.63) is 22.7 Å². The first-order chi connectivity index (χ1) is 12.6. The molecule has 2 rings (SSSR count). The number of aliphatic hydroxyl groups is 3. The summed E-state index contributed by atoms with van der Waals surface area (Å²) < 4.78 is 21.7. The van der Waals surface area contributed by atoms with Crippen LogP contribution >= 0.6 is 8.69 Å². The number of quaternary nitrogens is 1. The van der Waals surface area contributed by atoms with Gasteiger partial charge in [-0.25, -0.2) is 9.36 Å². The summed E-state index contributed by atoms with van der Waals surface area (Å²) in [6.07, 6.45) is -2.52. The van der Waals surface area contributed by atoms with Gasteiger partial charge in [0.25, 0.3) is 0 Å². The number of rotatable bonds is 7. The van der Waals surface area contributed by atoms with Gasteiger partial charge in [0, 0.05) is 6.20 Å². The normalized spacial score (nSPS) is 25.3. The minimum absolute atomic E-state index is 0.0286. The number of nitrogens with two attached hydrogens (primary N) is 1. The summed E-state index contributed by atoms with van der Waals surface area (Å²) in [7, 11) is 5.96. The van der Waals surface area contributed by atoms with Crippen LogP contribution in [0.2, 0.25) is 0 Å². The van der Waals surface area contributed by atoms with Gasteiger partial charge in [-0.1, -0.05) is 0 Å². The third kappa shape index (κ3) is 7.97. The highest BCUT2D eigenvalue weighted by Gasteiger charge is 2.42. The molecule has 1 aromatic heterocycles. The SMILES string of the molecule is C[N+](C)(C)CCOP=O.Nc1ccn(C[C@@H]2O[C@H](CO)[C@@H](O)[C@H]2O)c(=O)n1. The Labute approximate surface area is 158 Å². The lowest BCUT2D eigenvalue weighted by Crippen LogP contribution is -2.37. The van der Waals surface area contributed by atoms with E-state index in [-0.39, 0.29) is 21.0 Å². The molecular formula is C15H28N4O7P+. The Balaban J connectivity index is 0.000000345. The summed E-state index contributed by atoms with van der Waals surface area (Å²) in [5.41, 5.74) is 4.79. The molecule has 0 radical (unpaired) electrons. The van der Waals surface area contributed by atoms with Crippen LogP contribution in [0.1, 0.15) is 0 Å². The molecule has 0 bridgehead atoms. The average molecular weight is 407 g/mol. The first-order valence-electron chi connectivity index (χ1n) is 8.29. The maximum absolute atomic E-state index is 11.5. The molecule has 0 saturated carbocycles. The van der Waals surface area contributed by atoms with Gasteiger partial charge in [0.1, 0.15) is 43.4 Å². The van der Waals surface area contributed by atoms with E-state index in [1.807, 2.05) is 0 Å². The van der Waals surface area contributed by atoms with Crippen LogP contribution in [0.25, 0.3) is 0 Å². The summed E-state index contributed by atoms with van der Waals surface area (Å²) in [6.45, 7) is 1.06.